The molecular formula is C22H20ClF2N9O2. The van der Waals surface area contributed by atoms with Crippen molar-refractivity contribution in [2.24, 2.45) is 15.2 Å². The van der Waals surface area contributed by atoms with E-state index >= 15 is 0 Å². The number of amides is 1. The van der Waals surface area contributed by atoms with Crippen LogP contribution in [0.2, 0.25) is 5.02 Å². The Hall–Kier alpha value is -4.40. The smallest absolute Gasteiger partial charge is 0.387 e. The molecule has 0 aromatic heterocycles. The highest BCUT2D eigenvalue weighted by molar-refractivity contribution is 6.30. The lowest BCUT2D eigenvalue weighted by molar-refractivity contribution is -0.130. The minimum atomic E-state index is -2.96. The normalized spacial score (nSPS) is 15.1. The van der Waals surface area contributed by atoms with E-state index < -0.39 is 18.6 Å². The number of carbonyl (C=O) groups excluding carboxylic acids is 1. The second-order valence-electron chi connectivity index (χ2n) is 7.20. The first-order valence-corrected chi connectivity index (χ1v) is 10.9. The number of ether oxygens (including phenoxy) is 1. The Labute approximate surface area is 209 Å². The lowest BCUT2D eigenvalue weighted by atomic mass is 10.0. The van der Waals surface area contributed by atoms with Crippen molar-refractivity contribution < 1.29 is 18.3 Å². The van der Waals surface area contributed by atoms with E-state index in [1.54, 1.807) is 37.4 Å². The molecule has 2 aromatic carbocycles. The molecule has 1 aliphatic heterocycles. The number of benzene rings is 2. The molecule has 36 heavy (non-hydrogen) atoms. The fourth-order valence-corrected chi connectivity index (χ4v) is 3.64. The van der Waals surface area contributed by atoms with Crippen LogP contribution < -0.4 is 10.1 Å². The Kier molecular flexibility index (Phi) is 8.99. The topological polar surface area (TPSA) is 142 Å². The molecule has 0 radical (unpaired) electrons. The number of hydrazone groups is 1. The number of hydrogen-bond acceptors (Lipinski definition) is 6. The third kappa shape index (κ3) is 6.59. The average Bonchev–Trinajstić information content (AvgIpc) is 3.29. The Bertz CT molecular complexity index is 1220. The van der Waals surface area contributed by atoms with Crippen LogP contribution in [0.1, 0.15) is 12.5 Å². The third-order valence-corrected chi connectivity index (χ3v) is 5.30. The fraction of sp³-hybridized carbons (Fsp3) is 0.273. The molecule has 186 valence electrons. The standard InChI is InChI=1S/C22H20ClF2N9O2/c1-2-33(19(35)11-29-32-27)18-12-34(31-20(18)14-3-5-15(23)6-4-14)22(28-13-26)30-16-7-9-17(10-8-16)36-21(24)25/h3-10,18,21H,2,11-12H2,1H3,(H,28,30). The van der Waals surface area contributed by atoms with Crippen molar-refractivity contribution in [1.29, 1.82) is 5.26 Å². The lowest BCUT2D eigenvalue weighted by Crippen LogP contribution is -2.48. The number of aliphatic imine (C=N–C) groups is 1. The summed E-state index contributed by atoms with van der Waals surface area (Å²) in [5.74, 6) is -0.391. The molecule has 1 unspecified atom stereocenters. The number of carbonyl (C=O) groups is 1. The summed E-state index contributed by atoms with van der Waals surface area (Å²) in [5, 5.41) is 21.7. The molecule has 0 saturated heterocycles. The summed E-state index contributed by atoms with van der Waals surface area (Å²) in [6.45, 7) is -1.11. The molecule has 0 aliphatic carbocycles. The number of hydrogen-bond donors (Lipinski definition) is 1. The monoisotopic (exact) mass is 515 g/mol. The summed E-state index contributed by atoms with van der Waals surface area (Å²) in [5.41, 5.74) is 10.1. The molecule has 0 fully saturated rings. The van der Waals surface area contributed by atoms with Crippen molar-refractivity contribution in [3.8, 4) is 11.9 Å². The molecule has 1 atom stereocenters. The largest absolute Gasteiger partial charge is 0.435 e. The Morgan fingerprint density at radius 3 is 2.64 bits per heavy atom. The number of likely N-dealkylation sites (N-methyl/N-ethyl adjacent to an activating group) is 1. The minimum absolute atomic E-state index is 0.0415. The number of guanidine groups is 1. The van der Waals surface area contributed by atoms with Crippen molar-refractivity contribution in [3.63, 3.8) is 0 Å². The SMILES string of the molecule is CCN(C(=O)CN=[N+]=[N-])C1CN(C(=Nc2ccc(OC(F)F)cc2)NC#N)N=C1c1ccc(Cl)cc1. The highest BCUT2D eigenvalue weighted by atomic mass is 35.5. The van der Waals surface area contributed by atoms with Crippen LogP contribution in [0.3, 0.4) is 0 Å². The third-order valence-electron chi connectivity index (χ3n) is 5.05. The van der Waals surface area contributed by atoms with Crippen molar-refractivity contribution >= 4 is 34.9 Å². The van der Waals surface area contributed by atoms with E-state index in [9.17, 15) is 18.8 Å². The lowest BCUT2D eigenvalue weighted by Gasteiger charge is -2.28. The summed E-state index contributed by atoms with van der Waals surface area (Å²) in [4.78, 5) is 21.3. The maximum Gasteiger partial charge on any atom is 0.387 e. The van der Waals surface area contributed by atoms with Gasteiger partial charge < -0.3 is 9.64 Å². The summed E-state index contributed by atoms with van der Waals surface area (Å²) < 4.78 is 29.2. The first-order chi connectivity index (χ1) is 17.4. The number of nitrogens with zero attached hydrogens (tertiary/aromatic N) is 8. The number of halogens is 3. The number of nitriles is 1. The molecule has 3 rings (SSSR count). The number of alkyl halides is 2. The van der Waals surface area contributed by atoms with Gasteiger partial charge in [-0.25, -0.2) is 10.0 Å². The van der Waals surface area contributed by atoms with Gasteiger partial charge in [-0.2, -0.15) is 19.1 Å². The predicted molar refractivity (Wildman–Crippen MR) is 129 cm³/mol. The van der Waals surface area contributed by atoms with Crippen molar-refractivity contribution in [1.82, 2.24) is 15.2 Å². The van der Waals surface area contributed by atoms with E-state index in [1.165, 1.54) is 34.2 Å². The van der Waals surface area contributed by atoms with Crippen LogP contribution in [0.4, 0.5) is 14.5 Å². The van der Waals surface area contributed by atoms with E-state index in [-0.39, 0.29) is 24.8 Å². The van der Waals surface area contributed by atoms with Crippen molar-refractivity contribution in [3.05, 3.63) is 69.6 Å². The average molecular weight is 516 g/mol. The zero-order valence-electron chi connectivity index (χ0n) is 18.9. The highest BCUT2D eigenvalue weighted by Gasteiger charge is 2.36. The van der Waals surface area contributed by atoms with Gasteiger partial charge in [-0.1, -0.05) is 28.8 Å². The summed E-state index contributed by atoms with van der Waals surface area (Å²) >= 11 is 6.02. The zero-order valence-corrected chi connectivity index (χ0v) is 19.7. The predicted octanol–water partition coefficient (Wildman–Crippen LogP) is 4.25. The maximum absolute atomic E-state index is 12.8. The van der Waals surface area contributed by atoms with Crippen LogP contribution >= 0.6 is 11.6 Å². The van der Waals surface area contributed by atoms with E-state index in [0.29, 0.717) is 28.5 Å². The van der Waals surface area contributed by atoms with Crippen LogP contribution in [-0.4, -0.2) is 59.8 Å². The van der Waals surface area contributed by atoms with Gasteiger partial charge in [0.25, 0.3) is 0 Å². The molecule has 0 bridgehead atoms. The molecule has 1 heterocycles. The first kappa shape index (κ1) is 26.2. The van der Waals surface area contributed by atoms with Crippen LogP contribution in [0.15, 0.2) is 63.7 Å². The fourth-order valence-electron chi connectivity index (χ4n) is 3.52. The molecule has 1 amide bonds. The van der Waals surface area contributed by atoms with Gasteiger partial charge in [0, 0.05) is 22.0 Å². The van der Waals surface area contributed by atoms with Gasteiger partial charge in [0.15, 0.2) is 6.19 Å². The van der Waals surface area contributed by atoms with Gasteiger partial charge >= 0.3 is 6.61 Å². The van der Waals surface area contributed by atoms with Gasteiger partial charge in [-0.05, 0) is 48.9 Å². The van der Waals surface area contributed by atoms with Crippen LogP contribution in [0.25, 0.3) is 10.4 Å². The molecule has 0 spiro atoms. The van der Waals surface area contributed by atoms with Gasteiger partial charge in [0.05, 0.1) is 24.0 Å². The maximum atomic E-state index is 12.8. The summed E-state index contributed by atoms with van der Waals surface area (Å²) in [6, 6.07) is 11.8. The molecular weight excluding hydrogens is 496 g/mol. The van der Waals surface area contributed by atoms with E-state index in [1.807, 2.05) is 0 Å². The number of rotatable bonds is 8. The second kappa shape index (κ2) is 12.3. The van der Waals surface area contributed by atoms with Crippen LogP contribution in [0, 0.1) is 11.5 Å². The molecule has 14 heteroatoms. The Morgan fingerprint density at radius 2 is 2.06 bits per heavy atom. The Morgan fingerprint density at radius 1 is 1.36 bits per heavy atom. The van der Waals surface area contributed by atoms with E-state index in [2.05, 4.69) is 30.2 Å². The van der Waals surface area contributed by atoms with Crippen molar-refractivity contribution in [2.45, 2.75) is 19.6 Å². The molecule has 1 N–H and O–H groups in total. The minimum Gasteiger partial charge on any atom is -0.435 e. The summed E-state index contributed by atoms with van der Waals surface area (Å²) in [6.07, 6.45) is 1.80. The van der Waals surface area contributed by atoms with Gasteiger partial charge in [0.1, 0.15) is 12.3 Å². The first-order valence-electron chi connectivity index (χ1n) is 10.6. The van der Waals surface area contributed by atoms with Gasteiger partial charge in [-0.15, -0.1) is 0 Å². The van der Waals surface area contributed by atoms with Crippen molar-refractivity contribution in [2.75, 3.05) is 19.6 Å². The van der Waals surface area contributed by atoms with Crippen LogP contribution in [0.5, 0.6) is 5.75 Å². The van der Waals surface area contributed by atoms with E-state index in [4.69, 9.17) is 17.1 Å². The molecule has 11 nitrogen and oxygen atoms in total. The summed E-state index contributed by atoms with van der Waals surface area (Å²) in [7, 11) is 0. The number of nitrogens with one attached hydrogen (secondary N) is 1. The van der Waals surface area contributed by atoms with Crippen LogP contribution in [-0.2, 0) is 4.79 Å². The highest BCUT2D eigenvalue weighted by Crippen LogP contribution is 2.24. The van der Waals surface area contributed by atoms with Gasteiger partial charge in [0.2, 0.25) is 11.9 Å². The second-order valence-corrected chi connectivity index (χ2v) is 7.64. The van der Waals surface area contributed by atoms with Gasteiger partial charge in [-0.3, -0.25) is 10.1 Å². The number of azide groups is 1. The molecule has 0 saturated carbocycles. The Balaban J connectivity index is 1.98. The quantitative estimate of drug-likeness (QED) is 0.106. The van der Waals surface area contributed by atoms with E-state index in [0.717, 1.165) is 0 Å². The zero-order chi connectivity index (χ0) is 26.1. The molecule has 2 aromatic rings. The molecule has 1 aliphatic rings.